The van der Waals surface area contributed by atoms with E-state index in [0.717, 1.165) is 6.42 Å². The normalized spacial score (nSPS) is 16.4. The monoisotopic (exact) mass is 409 g/mol. The van der Waals surface area contributed by atoms with Crippen LogP contribution in [-0.4, -0.2) is 24.2 Å². The van der Waals surface area contributed by atoms with Gasteiger partial charge in [0.1, 0.15) is 17.5 Å². The van der Waals surface area contributed by atoms with Crippen LogP contribution < -0.4 is 26.8 Å². The number of anilines is 1. The molecule has 0 aliphatic carbocycles. The first kappa shape index (κ1) is 20.4. The number of nitrogens with one attached hydrogen (secondary N) is 3. The molecule has 5 N–H and O–H groups in total. The molecule has 3 rings (SSSR count). The molecule has 0 unspecified atom stereocenters. The molecular formula is C19H22F3N5S. The van der Waals surface area contributed by atoms with Crippen LogP contribution in [0.15, 0.2) is 36.4 Å². The van der Waals surface area contributed by atoms with Gasteiger partial charge in [-0.2, -0.15) is 0 Å². The Kier molecular flexibility index (Phi) is 6.71. The molecule has 1 aliphatic heterocycles. The minimum atomic E-state index is -0.517. The Bertz CT molecular complexity index is 848. The molecule has 1 saturated heterocycles. The molecule has 0 bridgehead atoms. The summed E-state index contributed by atoms with van der Waals surface area (Å²) in [4.78, 5) is 1.79. The van der Waals surface area contributed by atoms with Gasteiger partial charge in [0.05, 0.1) is 5.69 Å². The number of thiocarbonyl (C=S) groups is 1. The summed E-state index contributed by atoms with van der Waals surface area (Å²) in [5.74, 6) is -1.27. The SMILES string of the molecule is NC(=S)NNCc1cc(F)c(N2CC[C@@H](NCc3ccccc3F)C2)cc1F. The predicted molar refractivity (Wildman–Crippen MR) is 107 cm³/mol. The molecule has 0 spiro atoms. The van der Waals surface area contributed by atoms with Crippen molar-refractivity contribution >= 4 is 23.0 Å². The topological polar surface area (TPSA) is 65.3 Å². The van der Waals surface area contributed by atoms with Crippen LogP contribution >= 0.6 is 12.2 Å². The highest BCUT2D eigenvalue weighted by atomic mass is 32.1. The molecule has 1 aliphatic rings. The van der Waals surface area contributed by atoms with Gasteiger partial charge in [0.25, 0.3) is 0 Å². The zero-order chi connectivity index (χ0) is 20.1. The summed E-state index contributed by atoms with van der Waals surface area (Å²) in [5.41, 5.74) is 11.3. The molecule has 9 heteroatoms. The molecule has 0 radical (unpaired) electrons. The number of hydrogen-bond donors (Lipinski definition) is 4. The lowest BCUT2D eigenvalue weighted by atomic mass is 10.1. The lowest BCUT2D eigenvalue weighted by Gasteiger charge is -2.21. The highest BCUT2D eigenvalue weighted by Gasteiger charge is 2.25. The Morgan fingerprint density at radius 1 is 1.07 bits per heavy atom. The first-order valence-electron chi connectivity index (χ1n) is 8.92. The Morgan fingerprint density at radius 3 is 2.61 bits per heavy atom. The highest BCUT2D eigenvalue weighted by Crippen LogP contribution is 2.27. The van der Waals surface area contributed by atoms with Crippen LogP contribution in [0.2, 0.25) is 0 Å². The summed E-state index contributed by atoms with van der Waals surface area (Å²) in [5, 5.41) is 3.30. The number of hydrazine groups is 1. The molecule has 1 fully saturated rings. The second kappa shape index (κ2) is 9.22. The number of rotatable bonds is 7. The Morgan fingerprint density at radius 2 is 1.86 bits per heavy atom. The second-order valence-corrected chi connectivity index (χ2v) is 7.08. The van der Waals surface area contributed by atoms with E-state index in [1.807, 2.05) is 0 Å². The summed E-state index contributed by atoms with van der Waals surface area (Å²) in [7, 11) is 0. The van der Waals surface area contributed by atoms with Crippen LogP contribution in [0, 0.1) is 17.5 Å². The van der Waals surface area contributed by atoms with E-state index in [1.165, 1.54) is 18.2 Å². The first-order chi connectivity index (χ1) is 13.4. The summed E-state index contributed by atoms with van der Waals surface area (Å²) in [6.45, 7) is 1.53. The molecule has 0 saturated carbocycles. The number of halogens is 3. The average molecular weight is 409 g/mol. The Balaban J connectivity index is 1.59. The molecule has 0 aromatic heterocycles. The summed E-state index contributed by atoms with van der Waals surface area (Å²) in [6, 6.07) is 9.01. The summed E-state index contributed by atoms with van der Waals surface area (Å²) < 4.78 is 42.6. The van der Waals surface area contributed by atoms with E-state index in [1.54, 1.807) is 23.1 Å². The number of nitrogens with two attached hydrogens (primary N) is 1. The quantitative estimate of drug-likeness (QED) is 0.416. The van der Waals surface area contributed by atoms with Crippen molar-refractivity contribution < 1.29 is 13.2 Å². The van der Waals surface area contributed by atoms with Crippen LogP contribution in [0.3, 0.4) is 0 Å². The summed E-state index contributed by atoms with van der Waals surface area (Å²) >= 11 is 4.64. The van der Waals surface area contributed by atoms with Crippen LogP contribution in [0.25, 0.3) is 0 Å². The van der Waals surface area contributed by atoms with Crippen molar-refractivity contribution in [1.29, 1.82) is 0 Å². The van der Waals surface area contributed by atoms with Crippen molar-refractivity contribution in [3.05, 3.63) is 65.0 Å². The minimum absolute atomic E-state index is 0.0171. The third kappa shape index (κ3) is 5.12. The smallest absolute Gasteiger partial charge is 0.178 e. The van der Waals surface area contributed by atoms with Crippen molar-refractivity contribution in [1.82, 2.24) is 16.2 Å². The van der Waals surface area contributed by atoms with Crippen LogP contribution in [-0.2, 0) is 13.1 Å². The van der Waals surface area contributed by atoms with E-state index in [0.29, 0.717) is 25.2 Å². The fourth-order valence-electron chi connectivity index (χ4n) is 3.22. The predicted octanol–water partition coefficient (Wildman–Crippen LogP) is 2.31. The molecule has 150 valence electrons. The van der Waals surface area contributed by atoms with Gasteiger partial charge >= 0.3 is 0 Å². The standard InChI is InChI=1S/C19H22F3N5S/c20-15-4-2-1-3-12(15)9-24-14-5-6-27(11-14)18-8-16(21)13(7-17(18)22)10-25-26-19(23)28/h1-4,7-8,14,24-25H,5-6,9-11H2,(H3,23,26,28)/t14-/m1/s1. The van der Waals surface area contributed by atoms with Gasteiger partial charge in [-0.25, -0.2) is 18.6 Å². The molecular weight excluding hydrogens is 387 g/mol. The Hall–Kier alpha value is -2.36. The largest absolute Gasteiger partial charge is 0.375 e. The molecule has 2 aromatic rings. The molecule has 2 aromatic carbocycles. The number of benzene rings is 2. The van der Waals surface area contributed by atoms with Crippen molar-refractivity contribution in [2.75, 3.05) is 18.0 Å². The second-order valence-electron chi connectivity index (χ2n) is 6.64. The maximum atomic E-state index is 14.5. The zero-order valence-corrected chi connectivity index (χ0v) is 16.0. The van der Waals surface area contributed by atoms with Crippen molar-refractivity contribution in [2.45, 2.75) is 25.6 Å². The molecule has 0 amide bonds. The van der Waals surface area contributed by atoms with Crippen LogP contribution in [0.4, 0.5) is 18.9 Å². The molecule has 5 nitrogen and oxygen atoms in total. The summed E-state index contributed by atoms with van der Waals surface area (Å²) in [6.07, 6.45) is 0.761. The minimum Gasteiger partial charge on any atom is -0.375 e. The number of nitrogens with zero attached hydrogens (tertiary/aromatic N) is 1. The molecule has 1 atom stereocenters. The lowest BCUT2D eigenvalue weighted by Crippen LogP contribution is -2.40. The highest BCUT2D eigenvalue weighted by molar-refractivity contribution is 7.80. The van der Waals surface area contributed by atoms with Gasteiger partial charge in [0, 0.05) is 49.4 Å². The van der Waals surface area contributed by atoms with E-state index in [9.17, 15) is 13.2 Å². The van der Waals surface area contributed by atoms with Gasteiger partial charge in [-0.1, -0.05) is 18.2 Å². The van der Waals surface area contributed by atoms with Gasteiger partial charge in [-0.15, -0.1) is 0 Å². The van der Waals surface area contributed by atoms with Crippen LogP contribution in [0.5, 0.6) is 0 Å². The first-order valence-corrected chi connectivity index (χ1v) is 9.33. The van der Waals surface area contributed by atoms with Crippen molar-refractivity contribution in [3.63, 3.8) is 0 Å². The Labute approximate surface area is 167 Å². The third-order valence-electron chi connectivity index (χ3n) is 4.67. The molecule has 28 heavy (non-hydrogen) atoms. The number of hydrogen-bond acceptors (Lipinski definition) is 4. The maximum absolute atomic E-state index is 14.5. The van der Waals surface area contributed by atoms with Gasteiger partial charge in [-0.3, -0.25) is 5.43 Å². The van der Waals surface area contributed by atoms with Crippen LogP contribution in [0.1, 0.15) is 17.5 Å². The van der Waals surface area contributed by atoms with E-state index in [2.05, 4.69) is 28.4 Å². The van der Waals surface area contributed by atoms with Crippen molar-refractivity contribution in [2.24, 2.45) is 5.73 Å². The van der Waals surface area contributed by atoms with Gasteiger partial charge in [0.2, 0.25) is 0 Å². The third-order valence-corrected chi connectivity index (χ3v) is 4.78. The van der Waals surface area contributed by atoms with E-state index in [4.69, 9.17) is 5.73 Å². The maximum Gasteiger partial charge on any atom is 0.178 e. The fourth-order valence-corrected chi connectivity index (χ4v) is 3.30. The van der Waals surface area contributed by atoms with Gasteiger partial charge in [-0.05, 0) is 30.8 Å². The average Bonchev–Trinajstić information content (AvgIpc) is 3.12. The van der Waals surface area contributed by atoms with E-state index >= 15 is 0 Å². The van der Waals surface area contributed by atoms with Gasteiger partial charge in [0.15, 0.2) is 5.11 Å². The van der Waals surface area contributed by atoms with E-state index in [-0.39, 0.29) is 34.8 Å². The zero-order valence-electron chi connectivity index (χ0n) is 15.1. The fraction of sp³-hybridized carbons (Fsp3) is 0.316. The lowest BCUT2D eigenvalue weighted by molar-refractivity contribution is 0.528. The van der Waals surface area contributed by atoms with Gasteiger partial charge < -0.3 is 16.0 Å². The van der Waals surface area contributed by atoms with E-state index < -0.39 is 11.6 Å². The molecule has 1 heterocycles. The van der Waals surface area contributed by atoms with Crippen molar-refractivity contribution in [3.8, 4) is 0 Å².